The van der Waals surface area contributed by atoms with Gasteiger partial charge in [-0.2, -0.15) is 0 Å². The number of rotatable bonds is 4. The summed E-state index contributed by atoms with van der Waals surface area (Å²) in [7, 11) is 0. The van der Waals surface area contributed by atoms with Crippen LogP contribution in [0.4, 0.5) is 0 Å². The van der Waals surface area contributed by atoms with Gasteiger partial charge in [-0.15, -0.1) is 0 Å². The molecule has 0 radical (unpaired) electrons. The number of benzene rings is 2. The average Bonchev–Trinajstić information content (AvgIpc) is 3.21. The van der Waals surface area contributed by atoms with E-state index in [-0.39, 0.29) is 17.2 Å². The average molecular weight is 379 g/mol. The molecular formula is C21H21N3O2S. The number of aromatic nitrogens is 2. The Balaban J connectivity index is 1.76. The van der Waals surface area contributed by atoms with E-state index in [4.69, 9.17) is 4.98 Å². The number of para-hydroxylation sites is 1. The summed E-state index contributed by atoms with van der Waals surface area (Å²) in [5.41, 5.74) is 2.39. The summed E-state index contributed by atoms with van der Waals surface area (Å²) in [5, 5.41) is 1.13. The first-order valence-corrected chi connectivity index (χ1v) is 10.1. The maximum Gasteiger partial charge on any atom is 0.266 e. The third-order valence-electron chi connectivity index (χ3n) is 4.79. The third kappa shape index (κ3) is 3.62. The number of carbonyl (C=O) groups excluding carboxylic acids is 1. The quantitative estimate of drug-likeness (QED) is 0.515. The van der Waals surface area contributed by atoms with Gasteiger partial charge in [-0.05, 0) is 49.6 Å². The summed E-state index contributed by atoms with van der Waals surface area (Å²) in [4.78, 5) is 32.2. The van der Waals surface area contributed by atoms with E-state index in [1.807, 2.05) is 54.3 Å². The summed E-state index contributed by atoms with van der Waals surface area (Å²) in [6.45, 7) is 3.65. The van der Waals surface area contributed by atoms with Gasteiger partial charge < -0.3 is 4.90 Å². The van der Waals surface area contributed by atoms with Crippen molar-refractivity contribution in [2.24, 2.45) is 0 Å². The van der Waals surface area contributed by atoms with Gasteiger partial charge in [0.1, 0.15) is 0 Å². The number of nitrogens with zero attached hydrogens (tertiary/aromatic N) is 3. The predicted octanol–water partition coefficient (Wildman–Crippen LogP) is 3.41. The molecule has 0 spiro atoms. The van der Waals surface area contributed by atoms with E-state index in [0.717, 1.165) is 37.2 Å². The van der Waals surface area contributed by atoms with Crippen molar-refractivity contribution >= 4 is 28.6 Å². The van der Waals surface area contributed by atoms with Crippen LogP contribution in [-0.2, 0) is 4.79 Å². The molecule has 27 heavy (non-hydrogen) atoms. The highest BCUT2D eigenvalue weighted by molar-refractivity contribution is 7.99. The van der Waals surface area contributed by atoms with Gasteiger partial charge in [0.2, 0.25) is 5.91 Å². The Morgan fingerprint density at radius 1 is 1.11 bits per heavy atom. The highest BCUT2D eigenvalue weighted by Crippen LogP contribution is 2.23. The largest absolute Gasteiger partial charge is 0.342 e. The van der Waals surface area contributed by atoms with Gasteiger partial charge in [0.05, 0.1) is 22.3 Å². The van der Waals surface area contributed by atoms with Crippen LogP contribution in [-0.4, -0.2) is 39.2 Å². The molecule has 5 nitrogen and oxygen atoms in total. The molecule has 3 aromatic rings. The van der Waals surface area contributed by atoms with Crippen molar-refractivity contribution in [3.8, 4) is 5.69 Å². The lowest BCUT2D eigenvalue weighted by molar-refractivity contribution is -0.127. The van der Waals surface area contributed by atoms with Crippen LogP contribution < -0.4 is 5.56 Å². The first-order valence-electron chi connectivity index (χ1n) is 9.13. The molecule has 0 aliphatic carbocycles. The van der Waals surface area contributed by atoms with Crippen molar-refractivity contribution in [2.75, 3.05) is 18.8 Å². The van der Waals surface area contributed by atoms with E-state index in [1.54, 1.807) is 10.6 Å². The number of likely N-dealkylation sites (tertiary alicyclic amines) is 1. The number of hydrogen-bond acceptors (Lipinski definition) is 4. The van der Waals surface area contributed by atoms with E-state index in [0.29, 0.717) is 16.1 Å². The van der Waals surface area contributed by atoms with Crippen LogP contribution in [0.5, 0.6) is 0 Å². The maximum atomic E-state index is 13.2. The molecule has 0 bridgehead atoms. The molecule has 0 N–H and O–H groups in total. The van der Waals surface area contributed by atoms with E-state index >= 15 is 0 Å². The maximum absolute atomic E-state index is 13.2. The SMILES string of the molecule is Cc1cccc(-n2c(SCC(=O)N3CCCC3)nc3ccccc3c2=O)c1. The Hall–Kier alpha value is -2.60. The highest BCUT2D eigenvalue weighted by Gasteiger charge is 2.20. The summed E-state index contributed by atoms with van der Waals surface area (Å²) in [6.07, 6.45) is 2.14. The molecule has 4 rings (SSSR count). The molecule has 0 atom stereocenters. The summed E-state index contributed by atoms with van der Waals surface area (Å²) in [5.74, 6) is 0.395. The van der Waals surface area contributed by atoms with E-state index < -0.39 is 0 Å². The van der Waals surface area contributed by atoms with Gasteiger partial charge in [0, 0.05) is 13.1 Å². The smallest absolute Gasteiger partial charge is 0.266 e. The number of thioether (sulfide) groups is 1. The van der Waals surface area contributed by atoms with Gasteiger partial charge in [-0.3, -0.25) is 14.2 Å². The van der Waals surface area contributed by atoms with Crippen molar-refractivity contribution < 1.29 is 4.79 Å². The molecule has 1 aliphatic heterocycles. The van der Waals surface area contributed by atoms with Crippen molar-refractivity contribution in [3.63, 3.8) is 0 Å². The molecule has 0 unspecified atom stereocenters. The number of amides is 1. The molecule has 2 heterocycles. The minimum Gasteiger partial charge on any atom is -0.342 e. The second-order valence-corrected chi connectivity index (χ2v) is 7.71. The Labute approximate surface area is 162 Å². The number of carbonyl (C=O) groups is 1. The molecule has 0 saturated carbocycles. The van der Waals surface area contributed by atoms with Crippen LogP contribution in [0.1, 0.15) is 18.4 Å². The summed E-state index contributed by atoms with van der Waals surface area (Å²) >= 11 is 1.33. The summed E-state index contributed by atoms with van der Waals surface area (Å²) in [6, 6.07) is 15.1. The van der Waals surface area contributed by atoms with Gasteiger partial charge in [0.15, 0.2) is 5.16 Å². The van der Waals surface area contributed by atoms with Crippen molar-refractivity contribution in [2.45, 2.75) is 24.9 Å². The molecule has 1 saturated heterocycles. The topological polar surface area (TPSA) is 55.2 Å². The van der Waals surface area contributed by atoms with Crippen LogP contribution in [0, 0.1) is 6.92 Å². The highest BCUT2D eigenvalue weighted by atomic mass is 32.2. The number of fused-ring (bicyclic) bond motifs is 1. The standard InChI is InChI=1S/C21H21N3O2S/c1-15-7-6-8-16(13-15)24-20(26)17-9-2-3-10-18(17)22-21(24)27-14-19(25)23-11-4-5-12-23/h2-3,6-10,13H,4-5,11-12,14H2,1H3. The number of aryl methyl sites for hydroxylation is 1. The van der Waals surface area contributed by atoms with Crippen LogP contribution >= 0.6 is 11.8 Å². The normalized spacial score (nSPS) is 14.0. The Morgan fingerprint density at radius 3 is 2.67 bits per heavy atom. The predicted molar refractivity (Wildman–Crippen MR) is 109 cm³/mol. The van der Waals surface area contributed by atoms with E-state index in [1.165, 1.54) is 11.8 Å². The fraction of sp³-hybridized carbons (Fsp3) is 0.286. The lowest BCUT2D eigenvalue weighted by Crippen LogP contribution is -2.29. The van der Waals surface area contributed by atoms with Crippen LogP contribution in [0.2, 0.25) is 0 Å². The fourth-order valence-electron chi connectivity index (χ4n) is 3.39. The Bertz CT molecular complexity index is 1050. The molecule has 1 fully saturated rings. The van der Waals surface area contributed by atoms with Crippen molar-refractivity contribution in [1.82, 2.24) is 14.5 Å². The monoisotopic (exact) mass is 379 g/mol. The van der Waals surface area contributed by atoms with Gasteiger partial charge in [0.25, 0.3) is 5.56 Å². The van der Waals surface area contributed by atoms with E-state index in [2.05, 4.69) is 0 Å². The first-order chi connectivity index (χ1) is 13.1. The second kappa shape index (κ2) is 7.56. The van der Waals surface area contributed by atoms with Crippen LogP contribution in [0.15, 0.2) is 58.5 Å². The minimum absolute atomic E-state index is 0.107. The van der Waals surface area contributed by atoms with Gasteiger partial charge in [-0.25, -0.2) is 4.98 Å². The minimum atomic E-state index is -0.109. The molecule has 1 aliphatic rings. The lowest BCUT2D eigenvalue weighted by atomic mass is 10.2. The van der Waals surface area contributed by atoms with Gasteiger partial charge in [-0.1, -0.05) is 36.0 Å². The molecule has 138 valence electrons. The third-order valence-corrected chi connectivity index (χ3v) is 5.71. The molecule has 2 aromatic carbocycles. The Kier molecular flexibility index (Phi) is 4.99. The molecule has 1 aromatic heterocycles. The van der Waals surface area contributed by atoms with Gasteiger partial charge >= 0.3 is 0 Å². The first kappa shape index (κ1) is 17.8. The zero-order valence-corrected chi connectivity index (χ0v) is 16.0. The molecular weight excluding hydrogens is 358 g/mol. The van der Waals surface area contributed by atoms with E-state index in [9.17, 15) is 9.59 Å². The van der Waals surface area contributed by atoms with Crippen LogP contribution in [0.25, 0.3) is 16.6 Å². The Morgan fingerprint density at radius 2 is 1.89 bits per heavy atom. The van der Waals surface area contributed by atoms with Crippen molar-refractivity contribution in [3.05, 3.63) is 64.4 Å². The van der Waals surface area contributed by atoms with Crippen molar-refractivity contribution in [1.29, 1.82) is 0 Å². The summed E-state index contributed by atoms with van der Waals surface area (Å²) < 4.78 is 1.62. The molecule has 6 heteroatoms. The van der Waals surface area contributed by atoms with Crippen LogP contribution in [0.3, 0.4) is 0 Å². The fourth-order valence-corrected chi connectivity index (χ4v) is 4.30. The lowest BCUT2D eigenvalue weighted by Gasteiger charge is -2.16. The second-order valence-electron chi connectivity index (χ2n) is 6.77. The molecule has 1 amide bonds. The zero-order valence-electron chi connectivity index (χ0n) is 15.2. The number of hydrogen-bond donors (Lipinski definition) is 0. The zero-order chi connectivity index (χ0) is 18.8.